The third-order valence-electron chi connectivity index (χ3n) is 3.05. The molecule has 0 spiro atoms. The molecule has 2 N–H and O–H groups in total. The lowest BCUT2D eigenvalue weighted by atomic mass is 10.2. The summed E-state index contributed by atoms with van der Waals surface area (Å²) in [5.41, 5.74) is 7.52. The lowest BCUT2D eigenvalue weighted by molar-refractivity contribution is -0.128. The van der Waals surface area contributed by atoms with Crippen molar-refractivity contribution >= 4 is 30.1 Å². The maximum absolute atomic E-state index is 11.9. The Labute approximate surface area is 124 Å². The van der Waals surface area contributed by atoms with E-state index in [0.29, 0.717) is 12.3 Å². The molecular formula is C12H22ClN3O2S. The van der Waals surface area contributed by atoms with Crippen molar-refractivity contribution in [1.29, 1.82) is 0 Å². The third kappa shape index (κ3) is 5.04. The van der Waals surface area contributed by atoms with E-state index >= 15 is 0 Å². The van der Waals surface area contributed by atoms with Gasteiger partial charge in [0.1, 0.15) is 5.76 Å². The maximum atomic E-state index is 11.9. The SMILES string of the molecule is Cc1noc(C)c1CSCC(=O)N(C)C(C)CN.Cl. The fourth-order valence-electron chi connectivity index (χ4n) is 1.45. The molecule has 5 nitrogen and oxygen atoms in total. The number of halogens is 1. The predicted molar refractivity (Wildman–Crippen MR) is 80.7 cm³/mol. The first-order chi connectivity index (χ1) is 8.47. The molecule has 1 rings (SSSR count). The Bertz CT molecular complexity index is 392. The van der Waals surface area contributed by atoms with Crippen LogP contribution in [0.25, 0.3) is 0 Å². The minimum Gasteiger partial charge on any atom is -0.361 e. The Morgan fingerprint density at radius 1 is 1.53 bits per heavy atom. The predicted octanol–water partition coefficient (Wildman–Crippen LogP) is 1.75. The van der Waals surface area contributed by atoms with Gasteiger partial charge in [-0.3, -0.25) is 4.79 Å². The molecule has 110 valence electrons. The summed E-state index contributed by atoms with van der Waals surface area (Å²) in [7, 11) is 1.79. The molecule has 1 amide bonds. The van der Waals surface area contributed by atoms with Gasteiger partial charge in [-0.1, -0.05) is 5.16 Å². The van der Waals surface area contributed by atoms with Crippen LogP contribution in [0.2, 0.25) is 0 Å². The fourth-order valence-corrected chi connectivity index (χ4v) is 2.55. The molecule has 1 aromatic rings. The van der Waals surface area contributed by atoms with Gasteiger partial charge in [-0.25, -0.2) is 0 Å². The monoisotopic (exact) mass is 307 g/mol. The van der Waals surface area contributed by atoms with Crippen molar-refractivity contribution in [3.63, 3.8) is 0 Å². The lowest BCUT2D eigenvalue weighted by Crippen LogP contribution is -2.40. The highest BCUT2D eigenvalue weighted by Gasteiger charge is 2.15. The van der Waals surface area contributed by atoms with Gasteiger partial charge < -0.3 is 15.2 Å². The van der Waals surface area contributed by atoms with Crippen LogP contribution in [0.3, 0.4) is 0 Å². The largest absolute Gasteiger partial charge is 0.361 e. The van der Waals surface area contributed by atoms with Crippen molar-refractivity contribution in [2.45, 2.75) is 32.6 Å². The molecule has 0 aromatic carbocycles. The van der Waals surface area contributed by atoms with Crippen molar-refractivity contribution in [1.82, 2.24) is 10.1 Å². The molecule has 0 bridgehead atoms. The molecule has 0 aliphatic rings. The van der Waals surface area contributed by atoms with Crippen molar-refractivity contribution < 1.29 is 9.32 Å². The van der Waals surface area contributed by atoms with Crippen LogP contribution in [-0.2, 0) is 10.5 Å². The Morgan fingerprint density at radius 2 is 2.16 bits per heavy atom. The van der Waals surface area contributed by atoms with Crippen LogP contribution < -0.4 is 5.73 Å². The standard InChI is InChI=1S/C12H21N3O2S.ClH/c1-8(5-13)15(4)12(16)7-18-6-11-9(2)14-17-10(11)3;/h8H,5-7,13H2,1-4H3;1H. The van der Waals surface area contributed by atoms with Crippen LogP contribution in [0.5, 0.6) is 0 Å². The van der Waals surface area contributed by atoms with Crippen LogP contribution in [0, 0.1) is 13.8 Å². The Morgan fingerprint density at radius 3 is 2.63 bits per heavy atom. The number of aryl methyl sites for hydroxylation is 2. The van der Waals surface area contributed by atoms with E-state index in [2.05, 4.69) is 5.16 Å². The first-order valence-corrected chi connectivity index (χ1v) is 7.08. The van der Waals surface area contributed by atoms with Crippen molar-refractivity contribution in [3.05, 3.63) is 17.0 Å². The van der Waals surface area contributed by atoms with E-state index in [0.717, 1.165) is 22.8 Å². The fraction of sp³-hybridized carbons (Fsp3) is 0.667. The molecule has 0 saturated heterocycles. The molecule has 1 heterocycles. The number of nitrogens with two attached hydrogens (primary N) is 1. The van der Waals surface area contributed by atoms with Crippen molar-refractivity contribution in [2.75, 3.05) is 19.3 Å². The first kappa shape index (κ1) is 18.3. The van der Waals surface area contributed by atoms with Crippen LogP contribution in [0.15, 0.2) is 4.52 Å². The second-order valence-electron chi connectivity index (χ2n) is 4.38. The van der Waals surface area contributed by atoms with Crippen LogP contribution in [-0.4, -0.2) is 41.4 Å². The van der Waals surface area contributed by atoms with Gasteiger partial charge >= 0.3 is 0 Å². The molecule has 0 saturated carbocycles. The van der Waals surface area contributed by atoms with Gasteiger partial charge in [-0.15, -0.1) is 24.2 Å². The molecule has 7 heteroatoms. The van der Waals surface area contributed by atoms with E-state index in [1.807, 2.05) is 20.8 Å². The summed E-state index contributed by atoms with van der Waals surface area (Å²) in [4.78, 5) is 13.5. The topological polar surface area (TPSA) is 72.4 Å². The molecule has 0 aliphatic heterocycles. The van der Waals surface area contributed by atoms with Gasteiger partial charge in [-0.2, -0.15) is 0 Å². The normalized spacial score (nSPS) is 11.8. The molecular weight excluding hydrogens is 286 g/mol. The number of thioether (sulfide) groups is 1. The number of amides is 1. The zero-order valence-electron chi connectivity index (χ0n) is 11.8. The van der Waals surface area contributed by atoms with E-state index in [1.54, 1.807) is 23.7 Å². The van der Waals surface area contributed by atoms with Gasteiger partial charge in [0.2, 0.25) is 5.91 Å². The molecule has 1 atom stereocenters. The van der Waals surface area contributed by atoms with Crippen molar-refractivity contribution in [2.24, 2.45) is 5.73 Å². The smallest absolute Gasteiger partial charge is 0.232 e. The van der Waals surface area contributed by atoms with Crippen LogP contribution in [0.4, 0.5) is 0 Å². The summed E-state index contributed by atoms with van der Waals surface area (Å²) in [6, 6.07) is 0.0807. The zero-order valence-corrected chi connectivity index (χ0v) is 13.4. The number of hydrogen-bond donors (Lipinski definition) is 1. The molecule has 0 aliphatic carbocycles. The first-order valence-electron chi connectivity index (χ1n) is 5.92. The van der Waals surface area contributed by atoms with E-state index in [4.69, 9.17) is 10.3 Å². The van der Waals surface area contributed by atoms with Crippen LogP contribution >= 0.6 is 24.2 Å². The summed E-state index contributed by atoms with van der Waals surface area (Å²) < 4.78 is 5.08. The minimum absolute atomic E-state index is 0. The number of carbonyl (C=O) groups excluding carboxylic acids is 1. The highest BCUT2D eigenvalue weighted by Crippen LogP contribution is 2.19. The van der Waals surface area contributed by atoms with Gasteiger partial charge in [0.05, 0.1) is 11.4 Å². The van der Waals surface area contributed by atoms with E-state index in [1.165, 1.54) is 0 Å². The third-order valence-corrected chi connectivity index (χ3v) is 3.99. The van der Waals surface area contributed by atoms with E-state index in [9.17, 15) is 4.79 Å². The van der Waals surface area contributed by atoms with Gasteiger partial charge in [0.25, 0.3) is 0 Å². The minimum atomic E-state index is 0. The van der Waals surface area contributed by atoms with E-state index in [-0.39, 0.29) is 24.4 Å². The molecule has 0 fully saturated rings. The number of carbonyl (C=O) groups is 1. The summed E-state index contributed by atoms with van der Waals surface area (Å²) >= 11 is 1.57. The highest BCUT2D eigenvalue weighted by atomic mass is 35.5. The molecule has 1 aromatic heterocycles. The van der Waals surface area contributed by atoms with Crippen LogP contribution in [0.1, 0.15) is 23.9 Å². The number of likely N-dealkylation sites (N-methyl/N-ethyl adjacent to an activating group) is 1. The summed E-state index contributed by atoms with van der Waals surface area (Å²) in [6.45, 7) is 6.23. The number of hydrogen-bond acceptors (Lipinski definition) is 5. The summed E-state index contributed by atoms with van der Waals surface area (Å²) in [6.07, 6.45) is 0. The quantitative estimate of drug-likeness (QED) is 0.867. The average molecular weight is 308 g/mol. The Kier molecular flexibility index (Phi) is 8.13. The number of nitrogens with zero attached hydrogens (tertiary/aromatic N) is 2. The number of rotatable bonds is 6. The summed E-state index contributed by atoms with van der Waals surface area (Å²) in [5.74, 6) is 2.13. The van der Waals surface area contributed by atoms with Gasteiger partial charge in [-0.05, 0) is 20.8 Å². The lowest BCUT2D eigenvalue weighted by Gasteiger charge is -2.23. The highest BCUT2D eigenvalue weighted by molar-refractivity contribution is 7.99. The second kappa shape index (κ2) is 8.45. The Balaban J connectivity index is 0.00000324. The zero-order chi connectivity index (χ0) is 13.7. The average Bonchev–Trinajstić information content (AvgIpc) is 2.68. The Hall–Kier alpha value is -0.720. The van der Waals surface area contributed by atoms with Gasteiger partial charge in [0.15, 0.2) is 0 Å². The molecule has 0 radical (unpaired) electrons. The second-order valence-corrected chi connectivity index (χ2v) is 5.37. The molecule has 1 unspecified atom stereocenters. The summed E-state index contributed by atoms with van der Waals surface area (Å²) in [5, 5.41) is 3.89. The molecule has 19 heavy (non-hydrogen) atoms. The van der Waals surface area contributed by atoms with Crippen molar-refractivity contribution in [3.8, 4) is 0 Å². The maximum Gasteiger partial charge on any atom is 0.232 e. The van der Waals surface area contributed by atoms with Gasteiger partial charge in [0, 0.05) is 31.0 Å². The number of aromatic nitrogens is 1. The van der Waals surface area contributed by atoms with E-state index < -0.39 is 0 Å².